The van der Waals surface area contributed by atoms with Gasteiger partial charge in [-0.1, -0.05) is 0 Å². The first-order chi connectivity index (χ1) is 13.2. The third-order valence-electron chi connectivity index (χ3n) is 4.99. The number of fused-ring (bicyclic) bond motifs is 1. The van der Waals surface area contributed by atoms with Crippen molar-refractivity contribution in [3.63, 3.8) is 0 Å². The molecule has 1 unspecified atom stereocenters. The lowest BCUT2D eigenvalue weighted by molar-refractivity contribution is 0.0984. The smallest absolute Gasteiger partial charge is 0.179 e. The number of rotatable bonds is 3. The number of morpholine rings is 1. The SMILES string of the molecule is CC1COCCN1c1cc(-c2ccnn2C)c2cnc(-c3ccn[nH]3)n2n1. The lowest BCUT2D eigenvalue weighted by Gasteiger charge is -2.34. The van der Waals surface area contributed by atoms with Gasteiger partial charge in [0.05, 0.1) is 36.7 Å². The van der Waals surface area contributed by atoms with Gasteiger partial charge in [-0.2, -0.15) is 10.2 Å². The number of aromatic amines is 1. The Morgan fingerprint density at radius 2 is 2.19 bits per heavy atom. The van der Waals surface area contributed by atoms with Gasteiger partial charge in [0.15, 0.2) is 11.6 Å². The van der Waals surface area contributed by atoms with Crippen molar-refractivity contribution in [2.45, 2.75) is 13.0 Å². The van der Waals surface area contributed by atoms with E-state index in [1.54, 1.807) is 12.4 Å². The Hall–Kier alpha value is -3.20. The van der Waals surface area contributed by atoms with Gasteiger partial charge in [-0.15, -0.1) is 5.10 Å². The molecule has 27 heavy (non-hydrogen) atoms. The van der Waals surface area contributed by atoms with Crippen LogP contribution in [0.4, 0.5) is 5.82 Å². The van der Waals surface area contributed by atoms with Crippen LogP contribution < -0.4 is 4.90 Å². The zero-order chi connectivity index (χ0) is 18.4. The highest BCUT2D eigenvalue weighted by Gasteiger charge is 2.24. The van der Waals surface area contributed by atoms with Gasteiger partial charge in [-0.25, -0.2) is 9.50 Å². The molecule has 5 heterocycles. The Labute approximate surface area is 155 Å². The molecule has 4 aromatic heterocycles. The highest BCUT2D eigenvalue weighted by molar-refractivity contribution is 5.81. The number of hydrogen-bond acceptors (Lipinski definition) is 6. The molecule has 0 aliphatic carbocycles. The molecule has 4 aromatic rings. The zero-order valence-corrected chi connectivity index (χ0v) is 15.2. The van der Waals surface area contributed by atoms with E-state index in [-0.39, 0.29) is 6.04 Å². The summed E-state index contributed by atoms with van der Waals surface area (Å²) in [4.78, 5) is 6.88. The number of aromatic nitrogens is 7. The minimum atomic E-state index is 0.252. The highest BCUT2D eigenvalue weighted by Crippen LogP contribution is 2.31. The van der Waals surface area contributed by atoms with E-state index in [9.17, 15) is 0 Å². The predicted molar refractivity (Wildman–Crippen MR) is 100 cm³/mol. The molecular weight excluding hydrogens is 344 g/mol. The Morgan fingerprint density at radius 3 is 2.93 bits per heavy atom. The van der Waals surface area contributed by atoms with Crippen LogP contribution in [0.3, 0.4) is 0 Å². The van der Waals surface area contributed by atoms with E-state index in [1.807, 2.05) is 34.6 Å². The van der Waals surface area contributed by atoms with E-state index in [1.165, 1.54) is 0 Å². The van der Waals surface area contributed by atoms with Crippen LogP contribution in [-0.2, 0) is 11.8 Å². The fraction of sp³-hybridized carbons (Fsp3) is 0.333. The molecule has 9 nitrogen and oxygen atoms in total. The van der Waals surface area contributed by atoms with Gasteiger partial charge < -0.3 is 9.64 Å². The minimum Gasteiger partial charge on any atom is -0.377 e. The molecule has 1 fully saturated rings. The molecule has 9 heteroatoms. The number of ether oxygens (including phenoxy) is 1. The molecule has 1 N–H and O–H groups in total. The predicted octanol–water partition coefficient (Wildman–Crippen LogP) is 1.74. The lowest BCUT2D eigenvalue weighted by atomic mass is 10.1. The van der Waals surface area contributed by atoms with E-state index in [0.717, 1.165) is 40.7 Å². The summed E-state index contributed by atoms with van der Waals surface area (Å²) in [5.41, 5.74) is 3.80. The number of H-pyrrole nitrogens is 1. The van der Waals surface area contributed by atoms with Crippen LogP contribution in [-0.4, -0.2) is 60.4 Å². The maximum absolute atomic E-state index is 5.59. The standard InChI is InChI=1S/C18H20N8O/c1-12-11-27-8-7-25(12)17-9-13(15-4-6-21-24(15)2)16-10-19-18(26(16)23-17)14-3-5-20-22-14/h3-6,9-10,12H,7-8,11H2,1-2H3,(H,20,22). The maximum Gasteiger partial charge on any atom is 0.179 e. The molecule has 138 valence electrons. The van der Waals surface area contributed by atoms with Crippen molar-refractivity contribution in [1.29, 1.82) is 0 Å². The van der Waals surface area contributed by atoms with Crippen LogP contribution in [0.15, 0.2) is 36.8 Å². The van der Waals surface area contributed by atoms with Gasteiger partial charge >= 0.3 is 0 Å². The topological polar surface area (TPSA) is 89.2 Å². The molecule has 0 spiro atoms. The number of anilines is 1. The summed E-state index contributed by atoms with van der Waals surface area (Å²) in [6, 6.07) is 6.27. The highest BCUT2D eigenvalue weighted by atomic mass is 16.5. The first-order valence-corrected chi connectivity index (χ1v) is 8.93. The molecular formula is C18H20N8O. The number of hydrogen-bond donors (Lipinski definition) is 1. The fourth-order valence-corrected chi connectivity index (χ4v) is 3.58. The summed E-state index contributed by atoms with van der Waals surface area (Å²) >= 11 is 0. The molecule has 5 rings (SSSR count). The summed E-state index contributed by atoms with van der Waals surface area (Å²) in [6.45, 7) is 4.34. The first kappa shape index (κ1) is 16.0. The van der Waals surface area contributed by atoms with Crippen LogP contribution in [0.5, 0.6) is 0 Å². The van der Waals surface area contributed by atoms with E-state index in [4.69, 9.17) is 9.84 Å². The molecule has 0 amide bonds. The van der Waals surface area contributed by atoms with E-state index in [2.05, 4.69) is 38.2 Å². The van der Waals surface area contributed by atoms with Crippen LogP contribution in [0.1, 0.15) is 6.92 Å². The summed E-state index contributed by atoms with van der Waals surface area (Å²) in [5, 5.41) is 16.3. The zero-order valence-electron chi connectivity index (χ0n) is 15.2. The second kappa shape index (κ2) is 6.20. The third-order valence-corrected chi connectivity index (χ3v) is 4.99. The van der Waals surface area contributed by atoms with Crippen LogP contribution in [0.2, 0.25) is 0 Å². The van der Waals surface area contributed by atoms with Gasteiger partial charge in [-0.3, -0.25) is 9.78 Å². The van der Waals surface area contributed by atoms with E-state index >= 15 is 0 Å². The van der Waals surface area contributed by atoms with E-state index < -0.39 is 0 Å². The Balaban J connectivity index is 1.76. The third kappa shape index (κ3) is 2.58. The summed E-state index contributed by atoms with van der Waals surface area (Å²) < 4.78 is 9.34. The van der Waals surface area contributed by atoms with Gasteiger partial charge in [0.1, 0.15) is 5.69 Å². The molecule has 0 aromatic carbocycles. The maximum atomic E-state index is 5.59. The minimum absolute atomic E-state index is 0.252. The molecule has 1 saturated heterocycles. The van der Waals surface area contributed by atoms with Gasteiger partial charge in [0.25, 0.3) is 0 Å². The fourth-order valence-electron chi connectivity index (χ4n) is 3.58. The Bertz CT molecular complexity index is 1080. The average Bonchev–Trinajstić information content (AvgIpc) is 3.41. The van der Waals surface area contributed by atoms with Crippen molar-refractivity contribution in [1.82, 2.24) is 34.6 Å². The molecule has 0 bridgehead atoms. The van der Waals surface area contributed by atoms with Crippen molar-refractivity contribution >= 4 is 11.3 Å². The summed E-state index contributed by atoms with van der Waals surface area (Å²) in [5.74, 6) is 1.63. The number of nitrogens with zero attached hydrogens (tertiary/aromatic N) is 7. The number of nitrogens with one attached hydrogen (secondary N) is 1. The largest absolute Gasteiger partial charge is 0.377 e. The molecule has 1 aliphatic rings. The number of aryl methyl sites for hydroxylation is 1. The normalized spacial score (nSPS) is 17.7. The molecule has 1 atom stereocenters. The van der Waals surface area contributed by atoms with Gasteiger partial charge in [-0.05, 0) is 25.1 Å². The number of imidazole rings is 1. The van der Waals surface area contributed by atoms with Crippen molar-refractivity contribution in [2.24, 2.45) is 7.05 Å². The Kier molecular flexibility index (Phi) is 3.68. The van der Waals surface area contributed by atoms with Crippen molar-refractivity contribution in [3.05, 3.63) is 36.8 Å². The second-order valence-corrected chi connectivity index (χ2v) is 6.72. The van der Waals surface area contributed by atoms with Crippen LogP contribution in [0, 0.1) is 0 Å². The van der Waals surface area contributed by atoms with E-state index in [0.29, 0.717) is 13.2 Å². The monoisotopic (exact) mass is 364 g/mol. The van der Waals surface area contributed by atoms with Crippen LogP contribution in [0.25, 0.3) is 28.3 Å². The summed E-state index contributed by atoms with van der Waals surface area (Å²) in [6.07, 6.45) is 5.36. The van der Waals surface area contributed by atoms with Gasteiger partial charge in [0.2, 0.25) is 0 Å². The van der Waals surface area contributed by atoms with Crippen molar-refractivity contribution < 1.29 is 4.74 Å². The lowest BCUT2D eigenvalue weighted by Crippen LogP contribution is -2.44. The van der Waals surface area contributed by atoms with Gasteiger partial charge in [0, 0.05) is 31.5 Å². The average molecular weight is 364 g/mol. The Morgan fingerprint density at radius 1 is 1.26 bits per heavy atom. The first-order valence-electron chi connectivity index (χ1n) is 8.93. The van der Waals surface area contributed by atoms with Crippen molar-refractivity contribution in [3.8, 4) is 22.8 Å². The molecule has 1 aliphatic heterocycles. The van der Waals surface area contributed by atoms with Crippen LogP contribution >= 0.6 is 0 Å². The molecule has 0 saturated carbocycles. The van der Waals surface area contributed by atoms with Crippen molar-refractivity contribution in [2.75, 3.05) is 24.7 Å². The second-order valence-electron chi connectivity index (χ2n) is 6.72. The molecule has 0 radical (unpaired) electrons. The quantitative estimate of drug-likeness (QED) is 0.596. The summed E-state index contributed by atoms with van der Waals surface area (Å²) in [7, 11) is 1.94.